The standard InChI is InChI=1S/C10H6F2N2O2/c11-8-5-7-1-2-13(3-4-14(15)16)10(7)9(12)6-8/h1-6H. The maximum absolute atomic E-state index is 13.4. The molecule has 0 unspecified atom stereocenters. The van der Waals surface area contributed by atoms with Gasteiger partial charge < -0.3 is 4.57 Å². The molecule has 0 radical (unpaired) electrons. The summed E-state index contributed by atoms with van der Waals surface area (Å²) >= 11 is 0. The Kier molecular flexibility index (Phi) is 2.40. The third-order valence-electron chi connectivity index (χ3n) is 2.08. The van der Waals surface area contributed by atoms with Gasteiger partial charge in [0.2, 0.25) is 0 Å². The van der Waals surface area contributed by atoms with E-state index in [9.17, 15) is 18.9 Å². The van der Waals surface area contributed by atoms with Crippen molar-refractivity contribution < 1.29 is 13.7 Å². The molecule has 6 heteroatoms. The molecule has 0 saturated carbocycles. The molecule has 1 heterocycles. The topological polar surface area (TPSA) is 48.1 Å². The molecule has 0 saturated heterocycles. The Morgan fingerprint density at radius 3 is 2.81 bits per heavy atom. The third-order valence-corrected chi connectivity index (χ3v) is 2.08. The zero-order valence-corrected chi connectivity index (χ0v) is 7.93. The van der Waals surface area contributed by atoms with Gasteiger partial charge >= 0.3 is 0 Å². The lowest BCUT2D eigenvalue weighted by atomic mass is 10.2. The molecule has 0 amide bonds. The fourth-order valence-corrected chi connectivity index (χ4v) is 1.47. The van der Waals surface area contributed by atoms with Gasteiger partial charge in [-0.2, -0.15) is 0 Å². The molecule has 1 aromatic heterocycles. The van der Waals surface area contributed by atoms with Crippen molar-refractivity contribution in [1.29, 1.82) is 0 Å². The summed E-state index contributed by atoms with van der Waals surface area (Å²) in [4.78, 5) is 9.46. The Hall–Kier alpha value is -2.24. The van der Waals surface area contributed by atoms with E-state index in [-0.39, 0.29) is 5.52 Å². The minimum atomic E-state index is -0.756. The van der Waals surface area contributed by atoms with Crippen LogP contribution in [0.4, 0.5) is 8.78 Å². The lowest BCUT2D eigenvalue weighted by Crippen LogP contribution is -1.91. The van der Waals surface area contributed by atoms with Gasteiger partial charge in [-0.1, -0.05) is 0 Å². The maximum atomic E-state index is 13.4. The molecule has 0 N–H and O–H groups in total. The van der Waals surface area contributed by atoms with Crippen LogP contribution in [0.15, 0.2) is 30.6 Å². The summed E-state index contributed by atoms with van der Waals surface area (Å²) in [5, 5.41) is 10.5. The number of fused-ring (bicyclic) bond motifs is 1. The summed E-state index contributed by atoms with van der Waals surface area (Å²) in [5.41, 5.74) is 0.111. The number of rotatable bonds is 2. The molecule has 1 aromatic carbocycles. The smallest absolute Gasteiger partial charge is 0.250 e. The van der Waals surface area contributed by atoms with Crippen molar-refractivity contribution in [3.8, 4) is 0 Å². The van der Waals surface area contributed by atoms with Gasteiger partial charge in [0.15, 0.2) is 5.82 Å². The highest BCUT2D eigenvalue weighted by molar-refractivity contribution is 5.82. The first kappa shape index (κ1) is 10.3. The van der Waals surface area contributed by atoms with Crippen LogP contribution < -0.4 is 0 Å². The van der Waals surface area contributed by atoms with E-state index in [1.165, 1.54) is 16.8 Å². The van der Waals surface area contributed by atoms with Crippen molar-refractivity contribution in [2.45, 2.75) is 0 Å². The van der Waals surface area contributed by atoms with Crippen LogP contribution in [-0.2, 0) is 0 Å². The Morgan fingerprint density at radius 1 is 1.38 bits per heavy atom. The fraction of sp³-hybridized carbons (Fsp3) is 0. The molecule has 0 aliphatic carbocycles. The van der Waals surface area contributed by atoms with Gasteiger partial charge in [-0.05, 0) is 12.1 Å². The number of halogens is 2. The van der Waals surface area contributed by atoms with Crippen LogP contribution in [0.5, 0.6) is 0 Å². The van der Waals surface area contributed by atoms with E-state index < -0.39 is 16.6 Å². The second kappa shape index (κ2) is 3.73. The highest BCUT2D eigenvalue weighted by Gasteiger charge is 2.07. The fourth-order valence-electron chi connectivity index (χ4n) is 1.47. The van der Waals surface area contributed by atoms with Crippen LogP contribution >= 0.6 is 0 Å². The van der Waals surface area contributed by atoms with E-state index in [4.69, 9.17) is 0 Å². The van der Waals surface area contributed by atoms with E-state index in [0.29, 0.717) is 11.6 Å². The highest BCUT2D eigenvalue weighted by Crippen LogP contribution is 2.21. The van der Waals surface area contributed by atoms with Gasteiger partial charge in [-0.25, -0.2) is 8.78 Å². The maximum Gasteiger partial charge on any atom is 0.250 e. The number of hydrogen-bond donors (Lipinski definition) is 0. The van der Waals surface area contributed by atoms with Crippen LogP contribution in [-0.4, -0.2) is 9.49 Å². The summed E-state index contributed by atoms with van der Waals surface area (Å²) in [6.45, 7) is 0. The quantitative estimate of drug-likeness (QED) is 0.581. The minimum Gasteiger partial charge on any atom is -0.315 e. The first-order chi connectivity index (χ1) is 7.58. The van der Waals surface area contributed by atoms with Crippen LogP contribution in [0.25, 0.3) is 17.1 Å². The van der Waals surface area contributed by atoms with E-state index >= 15 is 0 Å². The van der Waals surface area contributed by atoms with Crippen molar-refractivity contribution in [3.05, 3.63) is 52.3 Å². The lowest BCUT2D eigenvalue weighted by molar-refractivity contribution is -0.401. The number of nitrogens with zero attached hydrogens (tertiary/aromatic N) is 2. The van der Waals surface area contributed by atoms with Crippen LogP contribution in [0.1, 0.15) is 0 Å². The average Bonchev–Trinajstić information content (AvgIpc) is 2.57. The lowest BCUT2D eigenvalue weighted by Gasteiger charge is -1.98. The predicted octanol–water partition coefficient (Wildman–Crippen LogP) is 2.62. The normalized spacial score (nSPS) is 11.4. The summed E-state index contributed by atoms with van der Waals surface area (Å²) in [6, 6.07) is 3.37. The largest absolute Gasteiger partial charge is 0.315 e. The van der Waals surface area contributed by atoms with Gasteiger partial charge in [0.1, 0.15) is 5.82 Å². The highest BCUT2D eigenvalue weighted by atomic mass is 19.1. The van der Waals surface area contributed by atoms with Crippen LogP contribution in [0.2, 0.25) is 0 Å². The van der Waals surface area contributed by atoms with E-state index in [2.05, 4.69) is 0 Å². The number of nitro groups is 1. The molecule has 0 fully saturated rings. The second-order valence-corrected chi connectivity index (χ2v) is 3.13. The predicted molar refractivity (Wildman–Crippen MR) is 54.2 cm³/mol. The third kappa shape index (κ3) is 1.77. The molecule has 4 nitrogen and oxygen atoms in total. The SMILES string of the molecule is O=[N+]([O-])C=Cn1ccc2cc(F)cc(F)c21. The Balaban J connectivity index is 2.60. The van der Waals surface area contributed by atoms with E-state index in [1.807, 2.05) is 0 Å². The zero-order valence-electron chi connectivity index (χ0n) is 7.93. The molecule has 0 spiro atoms. The molecular weight excluding hydrogens is 218 g/mol. The number of benzene rings is 1. The first-order valence-electron chi connectivity index (χ1n) is 4.35. The molecule has 0 aliphatic rings. The summed E-state index contributed by atoms with van der Waals surface area (Å²) in [7, 11) is 0. The van der Waals surface area contributed by atoms with E-state index in [0.717, 1.165) is 18.3 Å². The number of aromatic nitrogens is 1. The monoisotopic (exact) mass is 224 g/mol. The van der Waals surface area contributed by atoms with Crippen molar-refractivity contribution in [3.63, 3.8) is 0 Å². The summed E-state index contributed by atoms with van der Waals surface area (Å²) in [6.07, 6.45) is 3.21. The molecule has 0 atom stereocenters. The van der Waals surface area contributed by atoms with Crippen molar-refractivity contribution in [2.24, 2.45) is 0 Å². The Morgan fingerprint density at radius 2 is 2.12 bits per heavy atom. The first-order valence-corrected chi connectivity index (χ1v) is 4.35. The van der Waals surface area contributed by atoms with Crippen molar-refractivity contribution in [1.82, 2.24) is 4.57 Å². The van der Waals surface area contributed by atoms with Gasteiger partial charge in [0.05, 0.1) is 16.6 Å². The van der Waals surface area contributed by atoms with Crippen LogP contribution in [0, 0.1) is 21.7 Å². The molecule has 0 aliphatic heterocycles. The van der Waals surface area contributed by atoms with E-state index in [1.54, 1.807) is 0 Å². The molecule has 2 rings (SSSR count). The minimum absolute atomic E-state index is 0.111. The Bertz CT molecular complexity index is 590. The van der Waals surface area contributed by atoms with Crippen molar-refractivity contribution >= 4 is 17.1 Å². The second-order valence-electron chi connectivity index (χ2n) is 3.13. The molecule has 2 aromatic rings. The zero-order chi connectivity index (χ0) is 11.7. The Labute approximate surface area is 88.6 Å². The molecular formula is C10H6F2N2O2. The van der Waals surface area contributed by atoms with Crippen LogP contribution in [0.3, 0.4) is 0 Å². The molecule has 0 bridgehead atoms. The van der Waals surface area contributed by atoms with Gasteiger partial charge in [-0.15, -0.1) is 0 Å². The number of hydrogen-bond acceptors (Lipinski definition) is 2. The van der Waals surface area contributed by atoms with Gasteiger partial charge in [0, 0.05) is 17.6 Å². The summed E-state index contributed by atoms with van der Waals surface area (Å²) in [5.74, 6) is -1.44. The van der Waals surface area contributed by atoms with Gasteiger partial charge in [-0.3, -0.25) is 10.1 Å². The average molecular weight is 224 g/mol. The molecule has 16 heavy (non-hydrogen) atoms. The van der Waals surface area contributed by atoms with Crippen molar-refractivity contribution in [2.75, 3.05) is 0 Å². The molecule has 82 valence electrons. The van der Waals surface area contributed by atoms with Gasteiger partial charge in [0.25, 0.3) is 6.20 Å². The summed E-state index contributed by atoms with van der Waals surface area (Å²) < 4.78 is 27.5.